The average Bonchev–Trinajstić information content (AvgIpc) is 2.90. The minimum Gasteiger partial charge on any atom is -0.376 e. The van der Waals surface area contributed by atoms with Crippen LogP contribution in [0.25, 0.3) is 0 Å². The van der Waals surface area contributed by atoms with Gasteiger partial charge < -0.3 is 15.4 Å². The van der Waals surface area contributed by atoms with E-state index in [2.05, 4.69) is 10.6 Å². The molecule has 2 amide bonds. The molecule has 5 nitrogen and oxygen atoms in total. The molecule has 96 valence electrons. The van der Waals surface area contributed by atoms with E-state index in [1.54, 1.807) is 24.3 Å². The van der Waals surface area contributed by atoms with Gasteiger partial charge in [-0.05, 0) is 25.0 Å². The minimum atomic E-state index is -0.654. The minimum absolute atomic E-state index is 0.0403. The van der Waals surface area contributed by atoms with Crippen LogP contribution in [0.4, 0.5) is 5.69 Å². The van der Waals surface area contributed by atoms with Crippen LogP contribution >= 0.6 is 0 Å². The number of para-hydroxylation sites is 1. The molecule has 0 saturated carbocycles. The lowest BCUT2D eigenvalue weighted by Crippen LogP contribution is -2.39. The summed E-state index contributed by atoms with van der Waals surface area (Å²) in [5.74, 6) is -1.28. The Labute approximate surface area is 106 Å². The largest absolute Gasteiger partial charge is 0.376 e. The van der Waals surface area contributed by atoms with Gasteiger partial charge in [-0.1, -0.05) is 18.2 Å². The normalized spacial score (nSPS) is 18.3. The molecule has 0 spiro atoms. The third kappa shape index (κ3) is 3.56. The number of carbonyl (C=O) groups is 2. The highest BCUT2D eigenvalue weighted by Crippen LogP contribution is 2.10. The van der Waals surface area contributed by atoms with Gasteiger partial charge in [-0.15, -0.1) is 0 Å². The first-order valence-electron chi connectivity index (χ1n) is 6.01. The van der Waals surface area contributed by atoms with Crippen LogP contribution in [-0.2, 0) is 14.3 Å². The molecule has 1 atom stereocenters. The van der Waals surface area contributed by atoms with Crippen LogP contribution in [0.3, 0.4) is 0 Å². The van der Waals surface area contributed by atoms with Gasteiger partial charge in [-0.25, -0.2) is 0 Å². The lowest BCUT2D eigenvalue weighted by molar-refractivity contribution is -0.136. The van der Waals surface area contributed by atoms with Crippen molar-refractivity contribution in [1.82, 2.24) is 5.32 Å². The van der Waals surface area contributed by atoms with E-state index in [0.717, 1.165) is 19.4 Å². The van der Waals surface area contributed by atoms with Crippen LogP contribution < -0.4 is 10.6 Å². The number of rotatable bonds is 3. The van der Waals surface area contributed by atoms with Gasteiger partial charge in [0, 0.05) is 18.8 Å². The van der Waals surface area contributed by atoms with Crippen molar-refractivity contribution in [3.63, 3.8) is 0 Å². The van der Waals surface area contributed by atoms with Gasteiger partial charge in [0.25, 0.3) is 0 Å². The van der Waals surface area contributed by atoms with E-state index in [4.69, 9.17) is 4.74 Å². The van der Waals surface area contributed by atoms with Gasteiger partial charge in [0.15, 0.2) is 0 Å². The number of carbonyl (C=O) groups excluding carboxylic acids is 2. The Hall–Kier alpha value is -1.88. The maximum absolute atomic E-state index is 11.6. The quantitative estimate of drug-likeness (QED) is 0.782. The zero-order valence-corrected chi connectivity index (χ0v) is 10.0. The van der Waals surface area contributed by atoms with Crippen molar-refractivity contribution < 1.29 is 14.3 Å². The van der Waals surface area contributed by atoms with Crippen molar-refractivity contribution in [3.8, 4) is 0 Å². The van der Waals surface area contributed by atoms with Crippen molar-refractivity contribution in [2.45, 2.75) is 18.9 Å². The summed E-state index contributed by atoms with van der Waals surface area (Å²) in [7, 11) is 0. The predicted octanol–water partition coefficient (Wildman–Crippen LogP) is 0.920. The number of hydrogen-bond donors (Lipinski definition) is 2. The van der Waals surface area contributed by atoms with E-state index in [0.29, 0.717) is 12.2 Å². The smallest absolute Gasteiger partial charge is 0.313 e. The van der Waals surface area contributed by atoms with Crippen LogP contribution in [0.1, 0.15) is 12.8 Å². The van der Waals surface area contributed by atoms with Gasteiger partial charge in [0.2, 0.25) is 0 Å². The van der Waals surface area contributed by atoms with E-state index in [-0.39, 0.29) is 6.10 Å². The monoisotopic (exact) mass is 248 g/mol. The summed E-state index contributed by atoms with van der Waals surface area (Å²) in [6.45, 7) is 1.12. The van der Waals surface area contributed by atoms with Gasteiger partial charge in [0.1, 0.15) is 0 Å². The molecule has 2 N–H and O–H groups in total. The number of ether oxygens (including phenoxy) is 1. The second-order valence-electron chi connectivity index (χ2n) is 4.17. The molecule has 1 aliphatic heterocycles. The van der Waals surface area contributed by atoms with Gasteiger partial charge >= 0.3 is 11.8 Å². The van der Waals surface area contributed by atoms with Crippen LogP contribution in [0, 0.1) is 0 Å². The van der Waals surface area contributed by atoms with E-state index >= 15 is 0 Å². The lowest BCUT2D eigenvalue weighted by Gasteiger charge is -2.10. The molecule has 1 heterocycles. The number of benzene rings is 1. The summed E-state index contributed by atoms with van der Waals surface area (Å²) in [5, 5.41) is 5.09. The van der Waals surface area contributed by atoms with Gasteiger partial charge in [0.05, 0.1) is 6.10 Å². The van der Waals surface area contributed by atoms with Crippen molar-refractivity contribution in [1.29, 1.82) is 0 Å². The highest BCUT2D eigenvalue weighted by Gasteiger charge is 2.19. The second kappa shape index (κ2) is 6.16. The number of amides is 2. The zero-order chi connectivity index (χ0) is 12.8. The second-order valence-corrected chi connectivity index (χ2v) is 4.17. The third-order valence-electron chi connectivity index (χ3n) is 2.75. The summed E-state index contributed by atoms with van der Waals surface area (Å²) >= 11 is 0. The average molecular weight is 248 g/mol. The summed E-state index contributed by atoms with van der Waals surface area (Å²) in [4.78, 5) is 23.1. The molecule has 0 bridgehead atoms. The van der Waals surface area contributed by atoms with E-state index in [9.17, 15) is 9.59 Å². The first-order chi connectivity index (χ1) is 8.75. The molecule has 2 rings (SSSR count). The molecule has 0 radical (unpaired) electrons. The van der Waals surface area contributed by atoms with Gasteiger partial charge in [-0.3, -0.25) is 9.59 Å². The molecule has 0 aromatic heterocycles. The number of nitrogens with one attached hydrogen (secondary N) is 2. The maximum Gasteiger partial charge on any atom is 0.313 e. The fourth-order valence-electron chi connectivity index (χ4n) is 1.80. The molecule has 0 aliphatic carbocycles. The lowest BCUT2D eigenvalue weighted by atomic mass is 10.2. The Morgan fingerprint density at radius 3 is 2.67 bits per heavy atom. The molecule has 18 heavy (non-hydrogen) atoms. The molecular weight excluding hydrogens is 232 g/mol. The third-order valence-corrected chi connectivity index (χ3v) is 2.75. The molecule has 1 aromatic rings. The predicted molar refractivity (Wildman–Crippen MR) is 67.1 cm³/mol. The van der Waals surface area contributed by atoms with Crippen LogP contribution in [0.5, 0.6) is 0 Å². The summed E-state index contributed by atoms with van der Waals surface area (Å²) in [6, 6.07) is 8.88. The number of hydrogen-bond acceptors (Lipinski definition) is 3. The van der Waals surface area contributed by atoms with E-state index in [1.807, 2.05) is 6.07 Å². The molecule has 1 saturated heterocycles. The molecule has 1 unspecified atom stereocenters. The topological polar surface area (TPSA) is 67.4 Å². The molecule has 1 aliphatic rings. The Morgan fingerprint density at radius 2 is 2.00 bits per heavy atom. The molecule has 1 fully saturated rings. The van der Waals surface area contributed by atoms with Crippen molar-refractivity contribution in [2.24, 2.45) is 0 Å². The fraction of sp³-hybridized carbons (Fsp3) is 0.385. The maximum atomic E-state index is 11.6. The fourth-order valence-corrected chi connectivity index (χ4v) is 1.80. The standard InChI is InChI=1S/C13H16N2O3/c16-12(14-9-11-7-4-8-18-11)13(17)15-10-5-2-1-3-6-10/h1-3,5-6,11H,4,7-9H2,(H,14,16)(H,15,17). The zero-order valence-electron chi connectivity index (χ0n) is 10.0. The first kappa shape index (κ1) is 12.6. The SMILES string of the molecule is O=C(NCC1CCCO1)C(=O)Nc1ccccc1. The highest BCUT2D eigenvalue weighted by atomic mass is 16.5. The molecule has 1 aromatic carbocycles. The summed E-state index contributed by atoms with van der Waals surface area (Å²) < 4.78 is 5.35. The Balaban J connectivity index is 1.76. The van der Waals surface area contributed by atoms with Crippen LogP contribution in [0.15, 0.2) is 30.3 Å². The summed E-state index contributed by atoms with van der Waals surface area (Å²) in [6.07, 6.45) is 1.98. The molecule has 5 heteroatoms. The van der Waals surface area contributed by atoms with Crippen LogP contribution in [0.2, 0.25) is 0 Å². The first-order valence-corrected chi connectivity index (χ1v) is 6.01. The molecular formula is C13H16N2O3. The van der Waals surface area contributed by atoms with Crippen molar-refractivity contribution in [2.75, 3.05) is 18.5 Å². The van der Waals surface area contributed by atoms with E-state index in [1.165, 1.54) is 0 Å². The Morgan fingerprint density at radius 1 is 1.22 bits per heavy atom. The van der Waals surface area contributed by atoms with Crippen molar-refractivity contribution in [3.05, 3.63) is 30.3 Å². The number of anilines is 1. The van der Waals surface area contributed by atoms with Gasteiger partial charge in [-0.2, -0.15) is 0 Å². The summed E-state index contributed by atoms with van der Waals surface area (Å²) in [5.41, 5.74) is 0.606. The van der Waals surface area contributed by atoms with Crippen LogP contribution in [-0.4, -0.2) is 31.1 Å². The highest BCUT2D eigenvalue weighted by molar-refractivity contribution is 6.39. The van der Waals surface area contributed by atoms with Crippen molar-refractivity contribution >= 4 is 17.5 Å². The van der Waals surface area contributed by atoms with E-state index < -0.39 is 11.8 Å². The Kier molecular flexibility index (Phi) is 4.30. The Bertz CT molecular complexity index is 414.